The van der Waals surface area contributed by atoms with Crippen LogP contribution in [0, 0.1) is 0 Å². The zero-order chi connectivity index (χ0) is 22.9. The van der Waals surface area contributed by atoms with Crippen LogP contribution in [0.4, 0.5) is 5.13 Å². The first kappa shape index (κ1) is 27.2. The van der Waals surface area contributed by atoms with E-state index in [0.29, 0.717) is 13.0 Å². The number of thiazole rings is 1. The van der Waals surface area contributed by atoms with E-state index >= 15 is 0 Å². The largest absolute Gasteiger partial charge is 0.497 e. The molecule has 33 heavy (non-hydrogen) atoms. The summed E-state index contributed by atoms with van der Waals surface area (Å²) in [6.07, 6.45) is 2.21. The average molecular weight is 510 g/mol. The number of amides is 1. The molecule has 0 saturated carbocycles. The summed E-state index contributed by atoms with van der Waals surface area (Å²) >= 11 is 3.30. The molecule has 0 bridgehead atoms. The lowest BCUT2D eigenvalue weighted by Crippen LogP contribution is -2.33. The van der Waals surface area contributed by atoms with Gasteiger partial charge in [0.1, 0.15) is 17.0 Å². The second-order valence-corrected chi connectivity index (χ2v) is 9.81. The number of rotatable bonds is 12. The first-order valence-corrected chi connectivity index (χ1v) is 12.5. The number of para-hydroxylation sites is 1. The summed E-state index contributed by atoms with van der Waals surface area (Å²) in [5.74, 6) is 2.60. The molecule has 0 radical (unpaired) electrons. The van der Waals surface area contributed by atoms with Crippen molar-refractivity contribution in [2.24, 2.45) is 0 Å². The van der Waals surface area contributed by atoms with Gasteiger partial charge in [0.05, 0.1) is 18.9 Å². The van der Waals surface area contributed by atoms with E-state index in [9.17, 15) is 4.79 Å². The number of aromatic nitrogens is 1. The van der Waals surface area contributed by atoms with Crippen molar-refractivity contribution >= 4 is 56.8 Å². The minimum atomic E-state index is 0. The van der Waals surface area contributed by atoms with Crippen LogP contribution in [0.15, 0.2) is 47.4 Å². The standard InChI is InChI=1S/C24H31N3O3S2.ClH/c1-26(2)15-7-16-27(24-25-23-20(30-4)8-5-9-21(23)32-24)22(28)10-6-17-31-19-13-11-18(29-3)12-14-19;/h5,8-9,11-14H,6-7,10,15-17H2,1-4H3;1H. The van der Waals surface area contributed by atoms with E-state index in [2.05, 4.69) is 4.90 Å². The Bertz CT molecular complexity index is 1010. The Morgan fingerprint density at radius 1 is 1.03 bits per heavy atom. The number of nitrogens with zero attached hydrogens (tertiary/aromatic N) is 3. The molecule has 2 aromatic carbocycles. The Hall–Kier alpha value is -2.00. The van der Waals surface area contributed by atoms with Crippen LogP contribution in [0.25, 0.3) is 10.2 Å². The number of benzene rings is 2. The highest BCUT2D eigenvalue weighted by Gasteiger charge is 2.20. The van der Waals surface area contributed by atoms with Crippen LogP contribution >= 0.6 is 35.5 Å². The molecule has 0 aliphatic rings. The predicted octanol–water partition coefficient (Wildman–Crippen LogP) is 5.59. The van der Waals surface area contributed by atoms with Crippen LogP contribution in [0.5, 0.6) is 11.5 Å². The molecule has 1 amide bonds. The number of hydrogen-bond acceptors (Lipinski definition) is 7. The quantitative estimate of drug-likeness (QED) is 0.234. The molecule has 180 valence electrons. The van der Waals surface area contributed by atoms with Crippen LogP contribution in [0.2, 0.25) is 0 Å². The monoisotopic (exact) mass is 509 g/mol. The number of hydrogen-bond donors (Lipinski definition) is 0. The van der Waals surface area contributed by atoms with E-state index in [1.807, 2.05) is 61.5 Å². The fraction of sp³-hybridized carbons (Fsp3) is 0.417. The maximum atomic E-state index is 13.2. The summed E-state index contributed by atoms with van der Waals surface area (Å²) in [4.78, 5) is 23.1. The molecular formula is C24H32ClN3O3S2. The molecule has 3 rings (SSSR count). The summed E-state index contributed by atoms with van der Waals surface area (Å²) in [5.41, 5.74) is 0.815. The maximum Gasteiger partial charge on any atom is 0.228 e. The van der Waals surface area contributed by atoms with Crippen molar-refractivity contribution in [3.63, 3.8) is 0 Å². The Morgan fingerprint density at radius 3 is 2.45 bits per heavy atom. The topological polar surface area (TPSA) is 54.9 Å². The van der Waals surface area contributed by atoms with Gasteiger partial charge in [0.15, 0.2) is 5.13 Å². The molecule has 0 saturated heterocycles. The molecule has 0 aliphatic heterocycles. The molecule has 0 unspecified atom stereocenters. The Morgan fingerprint density at radius 2 is 1.79 bits per heavy atom. The highest BCUT2D eigenvalue weighted by Crippen LogP contribution is 2.34. The molecule has 6 nitrogen and oxygen atoms in total. The molecule has 0 aliphatic carbocycles. The van der Waals surface area contributed by atoms with Crippen LogP contribution in [0.1, 0.15) is 19.3 Å². The van der Waals surface area contributed by atoms with Crippen LogP contribution in [-0.4, -0.2) is 62.9 Å². The van der Waals surface area contributed by atoms with E-state index in [1.54, 1.807) is 37.3 Å². The lowest BCUT2D eigenvalue weighted by atomic mass is 10.3. The number of carbonyl (C=O) groups excluding carboxylic acids is 1. The van der Waals surface area contributed by atoms with Crippen molar-refractivity contribution < 1.29 is 14.3 Å². The molecule has 3 aromatic rings. The van der Waals surface area contributed by atoms with Crippen LogP contribution < -0.4 is 14.4 Å². The van der Waals surface area contributed by atoms with Gasteiger partial charge in [0, 0.05) is 17.9 Å². The second-order valence-electron chi connectivity index (χ2n) is 7.63. The number of thioether (sulfide) groups is 1. The molecular weight excluding hydrogens is 478 g/mol. The number of carbonyl (C=O) groups is 1. The zero-order valence-electron chi connectivity index (χ0n) is 19.6. The molecule has 9 heteroatoms. The summed E-state index contributed by atoms with van der Waals surface area (Å²) in [5, 5.41) is 0.746. The first-order chi connectivity index (χ1) is 15.5. The highest BCUT2D eigenvalue weighted by molar-refractivity contribution is 7.99. The summed E-state index contributed by atoms with van der Waals surface area (Å²) < 4.78 is 11.7. The second kappa shape index (κ2) is 13.6. The average Bonchev–Trinajstić information content (AvgIpc) is 3.23. The van der Waals surface area contributed by atoms with E-state index < -0.39 is 0 Å². The summed E-state index contributed by atoms with van der Waals surface area (Å²) in [6, 6.07) is 13.9. The van der Waals surface area contributed by atoms with Crippen molar-refractivity contribution in [2.45, 2.75) is 24.2 Å². The maximum absolute atomic E-state index is 13.2. The number of fused-ring (bicyclic) bond motifs is 1. The molecule has 0 N–H and O–H groups in total. The third-order valence-corrected chi connectivity index (χ3v) is 7.11. The van der Waals surface area contributed by atoms with E-state index in [1.165, 1.54) is 4.90 Å². The van der Waals surface area contributed by atoms with E-state index in [4.69, 9.17) is 14.5 Å². The molecule has 0 atom stereocenters. The van der Waals surface area contributed by atoms with Crippen molar-refractivity contribution in [3.8, 4) is 11.5 Å². The smallest absolute Gasteiger partial charge is 0.228 e. The van der Waals surface area contributed by atoms with Crippen LogP contribution in [-0.2, 0) is 4.79 Å². The van der Waals surface area contributed by atoms with Crippen LogP contribution in [0.3, 0.4) is 0 Å². The lowest BCUT2D eigenvalue weighted by Gasteiger charge is -2.21. The van der Waals surface area contributed by atoms with Gasteiger partial charge in [-0.25, -0.2) is 4.98 Å². The lowest BCUT2D eigenvalue weighted by molar-refractivity contribution is -0.118. The number of methoxy groups -OCH3 is 2. The number of ether oxygens (including phenoxy) is 2. The van der Waals surface area contributed by atoms with Crippen molar-refractivity contribution in [2.75, 3.05) is 52.1 Å². The number of anilines is 1. The van der Waals surface area contributed by atoms with E-state index in [0.717, 1.165) is 52.0 Å². The fourth-order valence-electron chi connectivity index (χ4n) is 3.28. The van der Waals surface area contributed by atoms with Crippen molar-refractivity contribution in [1.29, 1.82) is 0 Å². The zero-order valence-corrected chi connectivity index (χ0v) is 22.0. The normalized spacial score (nSPS) is 10.8. The van der Waals surface area contributed by atoms with Gasteiger partial charge < -0.3 is 14.4 Å². The van der Waals surface area contributed by atoms with Gasteiger partial charge >= 0.3 is 0 Å². The Labute approximate surface area is 210 Å². The minimum absolute atomic E-state index is 0. The van der Waals surface area contributed by atoms with Gasteiger partial charge in [0.25, 0.3) is 0 Å². The van der Waals surface area contributed by atoms with Gasteiger partial charge in [-0.1, -0.05) is 17.4 Å². The van der Waals surface area contributed by atoms with E-state index in [-0.39, 0.29) is 18.3 Å². The molecule has 0 fully saturated rings. The third kappa shape index (κ3) is 7.78. The van der Waals surface area contributed by atoms with Gasteiger partial charge in [-0.3, -0.25) is 9.69 Å². The molecule has 0 spiro atoms. The SMILES string of the molecule is COc1ccc(SCCCC(=O)N(CCCN(C)C)c2nc3c(OC)cccc3s2)cc1.Cl. The molecule has 1 aromatic heterocycles. The van der Waals surface area contributed by atoms with Gasteiger partial charge in [-0.15, -0.1) is 24.2 Å². The number of halogens is 1. The molecule has 1 heterocycles. The van der Waals surface area contributed by atoms with Gasteiger partial charge in [-0.2, -0.15) is 0 Å². The Balaban J connectivity index is 0.00000385. The summed E-state index contributed by atoms with van der Waals surface area (Å²) in [7, 11) is 7.41. The predicted molar refractivity (Wildman–Crippen MR) is 142 cm³/mol. The highest BCUT2D eigenvalue weighted by atomic mass is 35.5. The van der Waals surface area contributed by atoms with Crippen molar-refractivity contribution in [3.05, 3.63) is 42.5 Å². The summed E-state index contributed by atoms with van der Waals surface area (Å²) in [6.45, 7) is 1.58. The van der Waals surface area contributed by atoms with Gasteiger partial charge in [-0.05, 0) is 75.6 Å². The van der Waals surface area contributed by atoms with Crippen molar-refractivity contribution in [1.82, 2.24) is 9.88 Å². The fourth-order valence-corrected chi connectivity index (χ4v) is 5.16. The Kier molecular flexibility index (Phi) is 11.3. The van der Waals surface area contributed by atoms with Gasteiger partial charge in [0.2, 0.25) is 5.91 Å². The third-order valence-electron chi connectivity index (χ3n) is 4.97. The minimum Gasteiger partial charge on any atom is -0.497 e. The first-order valence-electron chi connectivity index (χ1n) is 10.7.